The molecule has 6 nitrogen and oxygen atoms in total. The van der Waals surface area contributed by atoms with Crippen LogP contribution in [0, 0.1) is 11.3 Å². The van der Waals surface area contributed by atoms with Gasteiger partial charge in [0.15, 0.2) is 11.3 Å². The number of ether oxygens (including phenoxy) is 1. The van der Waals surface area contributed by atoms with Crippen molar-refractivity contribution in [2.24, 2.45) is 10.7 Å². The van der Waals surface area contributed by atoms with Gasteiger partial charge in [0.05, 0.1) is 24.4 Å². The lowest BCUT2D eigenvalue weighted by atomic mass is 10.1. The second-order valence-corrected chi connectivity index (χ2v) is 4.98. The van der Waals surface area contributed by atoms with Crippen LogP contribution in [0.1, 0.15) is 15.9 Å². The summed E-state index contributed by atoms with van der Waals surface area (Å²) in [6.45, 7) is 0. The second kappa shape index (κ2) is 6.26. The van der Waals surface area contributed by atoms with Crippen LogP contribution >= 0.6 is 0 Å². The summed E-state index contributed by atoms with van der Waals surface area (Å²) >= 11 is 0. The molecular formula is C18H13N3O3. The van der Waals surface area contributed by atoms with Crippen molar-refractivity contribution in [3.05, 3.63) is 65.2 Å². The Kier molecular flexibility index (Phi) is 4.00. The number of methoxy groups -OCH3 is 1. The molecular weight excluding hydrogens is 306 g/mol. The number of hydrogen-bond acceptors (Lipinski definition) is 5. The van der Waals surface area contributed by atoms with E-state index >= 15 is 0 Å². The van der Waals surface area contributed by atoms with Crippen molar-refractivity contribution in [2.45, 2.75) is 0 Å². The smallest absolute Gasteiger partial charge is 0.254 e. The first-order valence-corrected chi connectivity index (χ1v) is 7.08. The number of fused-ring (bicyclic) bond motifs is 1. The molecule has 2 N–H and O–H groups in total. The number of nitrogens with zero attached hydrogens (tertiary/aromatic N) is 2. The molecule has 0 spiro atoms. The monoisotopic (exact) mass is 319 g/mol. The molecule has 0 aliphatic heterocycles. The van der Waals surface area contributed by atoms with Gasteiger partial charge in [0.1, 0.15) is 5.56 Å². The number of amides is 1. The molecule has 3 rings (SSSR count). The molecule has 0 aliphatic rings. The van der Waals surface area contributed by atoms with Crippen molar-refractivity contribution < 1.29 is 13.9 Å². The first-order valence-electron chi connectivity index (χ1n) is 7.08. The fourth-order valence-electron chi connectivity index (χ4n) is 2.31. The van der Waals surface area contributed by atoms with E-state index in [4.69, 9.17) is 20.1 Å². The maximum Gasteiger partial charge on any atom is 0.254 e. The van der Waals surface area contributed by atoms with Crippen LogP contribution in [-0.2, 0) is 0 Å². The Bertz CT molecular complexity index is 1050. The summed E-state index contributed by atoms with van der Waals surface area (Å²) in [4.78, 5) is 16.1. The predicted molar refractivity (Wildman–Crippen MR) is 87.7 cm³/mol. The lowest BCUT2D eigenvalue weighted by Crippen LogP contribution is -2.21. The Morgan fingerprint density at radius 2 is 2.04 bits per heavy atom. The van der Waals surface area contributed by atoms with Gasteiger partial charge in [-0.2, -0.15) is 5.26 Å². The molecule has 3 aromatic rings. The molecule has 0 unspecified atom stereocenters. The van der Waals surface area contributed by atoms with Crippen LogP contribution in [0.4, 0.5) is 5.69 Å². The molecule has 0 fully saturated rings. The van der Waals surface area contributed by atoms with Crippen LogP contribution in [0.3, 0.4) is 0 Å². The highest BCUT2D eigenvalue weighted by atomic mass is 16.5. The number of hydrogen-bond donors (Lipinski definition) is 1. The van der Waals surface area contributed by atoms with E-state index in [0.29, 0.717) is 28.0 Å². The lowest BCUT2D eigenvalue weighted by molar-refractivity contribution is 0.0996. The number of nitriles is 1. The molecule has 118 valence electrons. The maximum atomic E-state index is 11.8. The maximum absolute atomic E-state index is 11.8. The van der Waals surface area contributed by atoms with Crippen molar-refractivity contribution in [3.8, 4) is 11.8 Å². The van der Waals surface area contributed by atoms with E-state index in [2.05, 4.69) is 4.99 Å². The summed E-state index contributed by atoms with van der Waals surface area (Å²) in [6.07, 6.45) is 0. The van der Waals surface area contributed by atoms with Crippen molar-refractivity contribution in [1.29, 1.82) is 5.26 Å². The van der Waals surface area contributed by atoms with Crippen LogP contribution in [0.5, 0.6) is 5.75 Å². The summed E-state index contributed by atoms with van der Waals surface area (Å²) in [5.74, 6) is -0.135. The van der Waals surface area contributed by atoms with Gasteiger partial charge in [0.25, 0.3) is 5.91 Å². The zero-order valence-corrected chi connectivity index (χ0v) is 12.8. The first-order chi connectivity index (χ1) is 11.6. The fraction of sp³-hybridized carbons (Fsp3) is 0.0556. The highest BCUT2D eigenvalue weighted by molar-refractivity contribution is 5.96. The minimum absolute atomic E-state index is 0.0644. The van der Waals surface area contributed by atoms with Crippen LogP contribution in [0.15, 0.2) is 57.9 Å². The van der Waals surface area contributed by atoms with E-state index in [1.165, 1.54) is 7.11 Å². The third-order valence-corrected chi connectivity index (χ3v) is 3.43. The minimum atomic E-state index is -0.654. The van der Waals surface area contributed by atoms with Gasteiger partial charge < -0.3 is 14.9 Å². The van der Waals surface area contributed by atoms with Crippen LogP contribution in [0.25, 0.3) is 11.0 Å². The van der Waals surface area contributed by atoms with Gasteiger partial charge in [0, 0.05) is 5.39 Å². The van der Waals surface area contributed by atoms with Gasteiger partial charge in [0.2, 0.25) is 5.55 Å². The molecule has 0 saturated heterocycles. The Morgan fingerprint density at radius 3 is 2.75 bits per heavy atom. The third kappa shape index (κ3) is 2.83. The van der Waals surface area contributed by atoms with E-state index in [1.807, 2.05) is 6.07 Å². The average Bonchev–Trinajstić information content (AvgIpc) is 2.60. The SMILES string of the molecule is COc1cccc2cc(C(N)=O)c(=Nc3cccc(C#N)c3)oc12. The van der Waals surface area contributed by atoms with Gasteiger partial charge >= 0.3 is 0 Å². The highest BCUT2D eigenvalue weighted by Crippen LogP contribution is 2.24. The molecule has 1 heterocycles. The molecule has 6 heteroatoms. The predicted octanol–water partition coefficient (Wildman–Crippen LogP) is 2.64. The summed E-state index contributed by atoms with van der Waals surface area (Å²) in [6, 6.07) is 15.6. The minimum Gasteiger partial charge on any atom is -0.493 e. The number of nitrogens with two attached hydrogens (primary N) is 1. The topological polar surface area (TPSA) is 102 Å². The van der Waals surface area contributed by atoms with Crippen LogP contribution < -0.4 is 16.0 Å². The number of benzene rings is 2. The Balaban J connectivity index is 2.32. The van der Waals surface area contributed by atoms with Gasteiger partial charge in [-0.15, -0.1) is 0 Å². The Hall–Kier alpha value is -3.59. The molecule has 0 saturated carbocycles. The third-order valence-electron chi connectivity index (χ3n) is 3.43. The van der Waals surface area contributed by atoms with Gasteiger partial charge in [-0.1, -0.05) is 18.2 Å². The summed E-state index contributed by atoms with van der Waals surface area (Å²) in [5.41, 5.74) is 7.05. The fourth-order valence-corrected chi connectivity index (χ4v) is 2.31. The number of primary amides is 1. The lowest BCUT2D eigenvalue weighted by Gasteiger charge is -2.06. The van der Waals surface area contributed by atoms with E-state index in [9.17, 15) is 4.79 Å². The molecule has 2 aromatic carbocycles. The molecule has 0 radical (unpaired) electrons. The quantitative estimate of drug-likeness (QED) is 0.801. The first kappa shape index (κ1) is 15.3. The largest absolute Gasteiger partial charge is 0.493 e. The molecule has 1 amide bonds. The summed E-state index contributed by atoms with van der Waals surface area (Å²) in [7, 11) is 1.53. The van der Waals surface area contributed by atoms with Crippen LogP contribution in [0.2, 0.25) is 0 Å². The zero-order chi connectivity index (χ0) is 17.1. The van der Waals surface area contributed by atoms with Gasteiger partial charge in [-0.05, 0) is 30.3 Å². The standard InChI is InChI=1S/C18H13N3O3/c1-23-15-7-3-5-12-9-14(17(20)22)18(24-16(12)15)21-13-6-2-4-11(8-13)10-19/h2-9H,1H3,(H2,20,22). The average molecular weight is 319 g/mol. The Morgan fingerprint density at radius 1 is 1.25 bits per heavy atom. The van der Waals surface area contributed by atoms with Gasteiger partial charge in [-0.3, -0.25) is 4.79 Å². The van der Waals surface area contributed by atoms with Crippen molar-refractivity contribution in [3.63, 3.8) is 0 Å². The molecule has 24 heavy (non-hydrogen) atoms. The van der Waals surface area contributed by atoms with E-state index < -0.39 is 5.91 Å². The second-order valence-electron chi connectivity index (χ2n) is 4.98. The van der Waals surface area contributed by atoms with E-state index in [0.717, 1.165) is 0 Å². The summed E-state index contributed by atoms with van der Waals surface area (Å²) < 4.78 is 11.1. The van der Waals surface area contributed by atoms with Crippen molar-refractivity contribution >= 4 is 22.6 Å². The zero-order valence-electron chi connectivity index (χ0n) is 12.8. The molecule has 0 bridgehead atoms. The van der Waals surface area contributed by atoms with Crippen molar-refractivity contribution in [2.75, 3.05) is 7.11 Å². The number of carbonyl (C=O) groups excluding carboxylic acids is 1. The number of rotatable bonds is 3. The van der Waals surface area contributed by atoms with E-state index in [-0.39, 0.29) is 11.1 Å². The summed E-state index contributed by atoms with van der Waals surface area (Å²) in [5, 5.41) is 9.65. The normalized spacial score (nSPS) is 11.2. The van der Waals surface area contributed by atoms with Gasteiger partial charge in [-0.25, -0.2) is 4.99 Å². The molecule has 0 atom stereocenters. The number of para-hydroxylation sites is 1. The van der Waals surface area contributed by atoms with Crippen LogP contribution in [-0.4, -0.2) is 13.0 Å². The highest BCUT2D eigenvalue weighted by Gasteiger charge is 2.12. The number of carbonyl (C=O) groups is 1. The molecule has 1 aromatic heterocycles. The molecule has 0 aliphatic carbocycles. The van der Waals surface area contributed by atoms with Crippen molar-refractivity contribution in [1.82, 2.24) is 0 Å². The van der Waals surface area contributed by atoms with E-state index in [1.54, 1.807) is 48.5 Å². The Labute approximate surface area is 137 Å².